The van der Waals surface area contributed by atoms with Gasteiger partial charge in [-0.05, 0) is 6.92 Å². The predicted molar refractivity (Wildman–Crippen MR) is 72.7 cm³/mol. The zero-order valence-electron chi connectivity index (χ0n) is 11.4. The monoisotopic (exact) mass is 280 g/mol. The van der Waals surface area contributed by atoms with E-state index in [2.05, 4.69) is 15.3 Å². The number of likely N-dealkylation sites (N-methyl/N-ethyl adjacent to an activating group) is 1. The number of hydrogen-bond donors (Lipinski definition) is 1. The number of carbonyl (C=O) groups is 1. The summed E-state index contributed by atoms with van der Waals surface area (Å²) in [4.78, 5) is 33.5. The first-order valence-corrected chi connectivity index (χ1v) is 6.27. The summed E-state index contributed by atoms with van der Waals surface area (Å²) in [5, 5.41) is 14.0. The standard InChI is InChI=1S/C11H16N6O3/c1-3-12-11-13-6-8(17(19)20)10(14-11)16-5-4-15(2)9(18)7-16/h6H,3-5,7H2,1-2H3,(H,12,13,14). The van der Waals surface area contributed by atoms with E-state index in [1.54, 1.807) is 16.8 Å². The van der Waals surface area contributed by atoms with Crippen molar-refractivity contribution in [3.63, 3.8) is 0 Å². The van der Waals surface area contributed by atoms with Crippen LogP contribution in [-0.2, 0) is 4.79 Å². The predicted octanol–water partition coefficient (Wildman–Crippen LogP) is 0.0950. The molecule has 20 heavy (non-hydrogen) atoms. The van der Waals surface area contributed by atoms with E-state index in [4.69, 9.17) is 0 Å². The lowest BCUT2D eigenvalue weighted by atomic mass is 10.3. The number of aromatic nitrogens is 2. The molecule has 1 N–H and O–H groups in total. The SMILES string of the molecule is CCNc1ncc([N+](=O)[O-])c(N2CCN(C)C(=O)C2)n1. The highest BCUT2D eigenvalue weighted by atomic mass is 16.6. The molecule has 0 atom stereocenters. The highest BCUT2D eigenvalue weighted by Gasteiger charge is 2.28. The van der Waals surface area contributed by atoms with Crippen LogP contribution in [0.5, 0.6) is 0 Å². The van der Waals surface area contributed by atoms with Gasteiger partial charge in [-0.25, -0.2) is 4.98 Å². The third-order valence-corrected chi connectivity index (χ3v) is 3.04. The average Bonchev–Trinajstić information content (AvgIpc) is 2.42. The van der Waals surface area contributed by atoms with Crippen LogP contribution >= 0.6 is 0 Å². The Morgan fingerprint density at radius 3 is 2.85 bits per heavy atom. The number of carbonyl (C=O) groups excluding carboxylic acids is 1. The summed E-state index contributed by atoms with van der Waals surface area (Å²) in [7, 11) is 1.71. The summed E-state index contributed by atoms with van der Waals surface area (Å²) in [6.45, 7) is 3.59. The molecule has 2 rings (SSSR count). The van der Waals surface area contributed by atoms with E-state index in [0.29, 0.717) is 25.6 Å². The largest absolute Gasteiger partial charge is 0.354 e. The number of hydrogen-bond acceptors (Lipinski definition) is 7. The number of nitrogens with zero attached hydrogens (tertiary/aromatic N) is 5. The molecule has 0 saturated carbocycles. The lowest BCUT2D eigenvalue weighted by Gasteiger charge is -2.32. The molecule has 9 nitrogen and oxygen atoms in total. The number of anilines is 2. The number of nitro groups is 1. The van der Waals surface area contributed by atoms with Gasteiger partial charge in [0.2, 0.25) is 17.7 Å². The molecule has 1 aliphatic rings. The molecule has 1 saturated heterocycles. The van der Waals surface area contributed by atoms with E-state index in [-0.39, 0.29) is 24.0 Å². The van der Waals surface area contributed by atoms with E-state index in [0.717, 1.165) is 0 Å². The molecule has 1 aromatic rings. The summed E-state index contributed by atoms with van der Waals surface area (Å²) in [5.41, 5.74) is -0.191. The van der Waals surface area contributed by atoms with Crippen LogP contribution in [0.25, 0.3) is 0 Å². The van der Waals surface area contributed by atoms with Gasteiger partial charge in [0.25, 0.3) is 0 Å². The normalized spacial score (nSPS) is 15.4. The summed E-state index contributed by atoms with van der Waals surface area (Å²) in [6.07, 6.45) is 1.17. The Balaban J connectivity index is 2.34. The van der Waals surface area contributed by atoms with Gasteiger partial charge >= 0.3 is 5.69 Å². The Bertz CT molecular complexity index is 535. The van der Waals surface area contributed by atoms with Crippen LogP contribution < -0.4 is 10.2 Å². The minimum absolute atomic E-state index is 0.0833. The third kappa shape index (κ3) is 2.76. The second-order valence-electron chi connectivity index (χ2n) is 4.43. The molecular formula is C11H16N6O3. The van der Waals surface area contributed by atoms with Gasteiger partial charge in [-0.1, -0.05) is 0 Å². The van der Waals surface area contributed by atoms with Crippen LogP contribution in [0.2, 0.25) is 0 Å². The van der Waals surface area contributed by atoms with Gasteiger partial charge in [-0.2, -0.15) is 4.98 Å². The summed E-state index contributed by atoms with van der Waals surface area (Å²) >= 11 is 0. The number of rotatable bonds is 4. The first-order chi connectivity index (χ1) is 9.52. The highest BCUT2D eigenvalue weighted by molar-refractivity contribution is 5.83. The molecule has 1 fully saturated rings. The molecule has 0 bridgehead atoms. The van der Waals surface area contributed by atoms with Crippen LogP contribution in [-0.4, -0.2) is 58.9 Å². The van der Waals surface area contributed by atoms with Crippen molar-refractivity contribution in [2.45, 2.75) is 6.92 Å². The average molecular weight is 280 g/mol. The molecule has 2 heterocycles. The molecule has 108 valence electrons. The van der Waals surface area contributed by atoms with Gasteiger partial charge in [0.05, 0.1) is 11.5 Å². The van der Waals surface area contributed by atoms with Crippen molar-refractivity contribution in [3.8, 4) is 0 Å². The summed E-state index contributed by atoms with van der Waals surface area (Å²) in [5.74, 6) is 0.413. The maximum absolute atomic E-state index is 11.7. The fraction of sp³-hybridized carbons (Fsp3) is 0.545. The van der Waals surface area contributed by atoms with Gasteiger partial charge in [-0.3, -0.25) is 14.9 Å². The van der Waals surface area contributed by atoms with Crippen LogP contribution in [0.3, 0.4) is 0 Å². The topological polar surface area (TPSA) is 104 Å². The van der Waals surface area contributed by atoms with Crippen molar-refractivity contribution in [1.82, 2.24) is 14.9 Å². The number of amides is 1. The quantitative estimate of drug-likeness (QED) is 0.615. The molecule has 0 unspecified atom stereocenters. The van der Waals surface area contributed by atoms with Crippen molar-refractivity contribution in [1.29, 1.82) is 0 Å². The molecule has 0 aromatic carbocycles. The van der Waals surface area contributed by atoms with E-state index in [1.807, 2.05) is 6.92 Å². The third-order valence-electron chi connectivity index (χ3n) is 3.04. The molecule has 0 radical (unpaired) electrons. The van der Waals surface area contributed by atoms with E-state index < -0.39 is 4.92 Å². The van der Waals surface area contributed by atoms with E-state index in [9.17, 15) is 14.9 Å². The lowest BCUT2D eigenvalue weighted by Crippen LogP contribution is -2.49. The van der Waals surface area contributed by atoms with Gasteiger partial charge in [0.1, 0.15) is 6.20 Å². The molecule has 0 aliphatic carbocycles. The second-order valence-corrected chi connectivity index (χ2v) is 4.43. The Morgan fingerprint density at radius 1 is 1.50 bits per heavy atom. The zero-order chi connectivity index (χ0) is 14.7. The van der Waals surface area contributed by atoms with Crippen molar-refractivity contribution in [2.75, 3.05) is 43.4 Å². The van der Waals surface area contributed by atoms with Gasteiger partial charge < -0.3 is 15.1 Å². The van der Waals surface area contributed by atoms with Gasteiger partial charge in [0.15, 0.2) is 0 Å². The molecular weight excluding hydrogens is 264 g/mol. The van der Waals surface area contributed by atoms with Crippen LogP contribution in [0.4, 0.5) is 17.5 Å². The smallest absolute Gasteiger partial charge is 0.329 e. The van der Waals surface area contributed by atoms with Crippen molar-refractivity contribution in [3.05, 3.63) is 16.3 Å². The molecule has 0 spiro atoms. The van der Waals surface area contributed by atoms with Crippen molar-refractivity contribution < 1.29 is 9.72 Å². The molecule has 1 amide bonds. The molecule has 9 heteroatoms. The molecule has 1 aromatic heterocycles. The first-order valence-electron chi connectivity index (χ1n) is 6.27. The lowest BCUT2D eigenvalue weighted by molar-refractivity contribution is -0.384. The number of piperazine rings is 1. The summed E-state index contributed by atoms with van der Waals surface area (Å²) in [6, 6.07) is 0. The minimum Gasteiger partial charge on any atom is -0.354 e. The summed E-state index contributed by atoms with van der Waals surface area (Å²) < 4.78 is 0. The minimum atomic E-state index is -0.534. The van der Waals surface area contributed by atoms with Crippen molar-refractivity contribution in [2.24, 2.45) is 0 Å². The Morgan fingerprint density at radius 2 is 2.25 bits per heavy atom. The zero-order valence-corrected chi connectivity index (χ0v) is 11.4. The Kier molecular flexibility index (Phi) is 3.97. The Labute approximate surface area is 115 Å². The molecule has 1 aliphatic heterocycles. The van der Waals surface area contributed by atoms with Crippen LogP contribution in [0.15, 0.2) is 6.20 Å². The first kappa shape index (κ1) is 14.0. The maximum Gasteiger partial charge on any atom is 0.329 e. The second kappa shape index (κ2) is 5.68. The van der Waals surface area contributed by atoms with Crippen molar-refractivity contribution >= 4 is 23.4 Å². The number of nitrogens with one attached hydrogen (secondary N) is 1. The van der Waals surface area contributed by atoms with Gasteiger partial charge in [0, 0.05) is 26.7 Å². The highest BCUT2D eigenvalue weighted by Crippen LogP contribution is 2.26. The maximum atomic E-state index is 11.7. The van der Waals surface area contributed by atoms with Gasteiger partial charge in [-0.15, -0.1) is 0 Å². The fourth-order valence-electron chi connectivity index (χ4n) is 1.91. The van der Waals surface area contributed by atoms with E-state index in [1.165, 1.54) is 6.20 Å². The Hall–Kier alpha value is -2.45. The van der Waals surface area contributed by atoms with E-state index >= 15 is 0 Å². The van der Waals surface area contributed by atoms with Crippen LogP contribution in [0, 0.1) is 10.1 Å². The van der Waals surface area contributed by atoms with Crippen LogP contribution in [0.1, 0.15) is 6.92 Å². The fourth-order valence-corrected chi connectivity index (χ4v) is 1.91.